The highest BCUT2D eigenvalue weighted by molar-refractivity contribution is 9.10. The molecule has 7 rings (SSSR count). The number of aliphatic imine (C=N–C) groups is 1. The number of hydrogen-bond acceptors (Lipinski definition) is 6. The van der Waals surface area contributed by atoms with E-state index in [1.165, 1.54) is 0 Å². The Morgan fingerprint density at radius 2 is 1.47 bits per heavy atom. The van der Waals surface area contributed by atoms with Gasteiger partial charge >= 0.3 is 0 Å². The molecule has 1 aliphatic heterocycles. The summed E-state index contributed by atoms with van der Waals surface area (Å²) >= 11 is 3.73. The molecule has 0 spiro atoms. The normalized spacial score (nSPS) is 18.1. The predicted octanol–water partition coefficient (Wildman–Crippen LogP) is 7.96. The number of carbonyl (C=O) groups excluding carboxylic acids is 1. The number of aliphatic hydroxyl groups is 1. The minimum Gasteiger partial charge on any atom is -0.494 e. The van der Waals surface area contributed by atoms with Gasteiger partial charge < -0.3 is 14.6 Å². The van der Waals surface area contributed by atoms with Crippen LogP contribution in [0.25, 0.3) is 17.2 Å². The number of rotatable bonds is 12. The molecule has 5 aromatic rings. The van der Waals surface area contributed by atoms with Crippen LogP contribution in [0.15, 0.2) is 143 Å². The summed E-state index contributed by atoms with van der Waals surface area (Å²) in [5.41, 5.74) is 12.1. The number of amides is 1. The van der Waals surface area contributed by atoms with E-state index in [4.69, 9.17) is 19.6 Å². The summed E-state index contributed by atoms with van der Waals surface area (Å²) in [7, 11) is 0. The molecule has 0 radical (unpaired) electrons. The molecule has 7 nitrogen and oxygen atoms in total. The van der Waals surface area contributed by atoms with Crippen LogP contribution in [-0.4, -0.2) is 35.7 Å². The van der Waals surface area contributed by atoms with Gasteiger partial charge in [0.25, 0.3) is 5.91 Å². The van der Waals surface area contributed by atoms with Crippen molar-refractivity contribution in [2.45, 2.75) is 30.5 Å². The van der Waals surface area contributed by atoms with Crippen molar-refractivity contribution in [3.8, 4) is 16.9 Å². The van der Waals surface area contributed by atoms with Crippen LogP contribution in [0.4, 0.5) is 0 Å². The topological polar surface area (TPSA) is 92.2 Å². The van der Waals surface area contributed by atoms with E-state index in [0.29, 0.717) is 24.7 Å². The molecule has 2 aliphatic rings. The zero-order chi connectivity index (χ0) is 33.6. The summed E-state index contributed by atoms with van der Waals surface area (Å²) in [6, 6.07) is 41.5. The Kier molecular flexibility index (Phi) is 9.70. The van der Waals surface area contributed by atoms with Crippen LogP contribution in [0.5, 0.6) is 5.75 Å². The summed E-state index contributed by atoms with van der Waals surface area (Å²) in [5.74, 6) is 0.726. The van der Waals surface area contributed by atoms with Crippen LogP contribution in [0.3, 0.4) is 0 Å². The molecule has 0 saturated carbocycles. The maximum atomic E-state index is 14.8. The van der Waals surface area contributed by atoms with Crippen LogP contribution >= 0.6 is 15.9 Å². The van der Waals surface area contributed by atoms with Gasteiger partial charge in [-0.3, -0.25) is 10.2 Å². The van der Waals surface area contributed by atoms with E-state index in [1.54, 1.807) is 0 Å². The largest absolute Gasteiger partial charge is 0.494 e. The van der Waals surface area contributed by atoms with Gasteiger partial charge in [-0.1, -0.05) is 125 Å². The van der Waals surface area contributed by atoms with Crippen molar-refractivity contribution in [2.24, 2.45) is 4.99 Å². The number of halogens is 1. The maximum Gasteiger partial charge on any atom is 0.266 e. The molecular weight excluding hydrogens is 678 g/mol. The van der Waals surface area contributed by atoms with E-state index in [2.05, 4.69) is 51.0 Å². The smallest absolute Gasteiger partial charge is 0.266 e. The van der Waals surface area contributed by atoms with E-state index < -0.39 is 11.6 Å². The Balaban J connectivity index is 1.26. The summed E-state index contributed by atoms with van der Waals surface area (Å²) in [4.78, 5) is 20.0. The molecule has 2 atom stereocenters. The first-order chi connectivity index (χ1) is 24.1. The van der Waals surface area contributed by atoms with Crippen LogP contribution in [0, 0.1) is 0 Å². The minimum absolute atomic E-state index is 0.0661. The van der Waals surface area contributed by atoms with E-state index in [9.17, 15) is 4.79 Å². The van der Waals surface area contributed by atoms with Crippen LogP contribution in [0.2, 0.25) is 0 Å². The lowest BCUT2D eigenvalue weighted by Crippen LogP contribution is -2.53. The van der Waals surface area contributed by atoms with Gasteiger partial charge in [0.2, 0.25) is 5.90 Å². The molecule has 246 valence electrons. The number of fused-ring (bicyclic) bond motifs is 3. The molecule has 0 saturated heterocycles. The van der Waals surface area contributed by atoms with Gasteiger partial charge in [0, 0.05) is 35.0 Å². The third kappa shape index (κ3) is 6.68. The SMILES string of the molecule is O=C(NNC1c2ccccc2-c2ccccc21)[C@@]1(C/C=C/c2ccccc2)N=C(c2ccc(OCCCO)cc2)O[C@H]1c1ccccc1Br. The number of benzene rings is 5. The minimum atomic E-state index is -1.37. The number of ether oxygens (including phenoxy) is 2. The lowest BCUT2D eigenvalue weighted by Gasteiger charge is -2.31. The molecule has 8 heteroatoms. The van der Waals surface area contributed by atoms with E-state index in [1.807, 2.05) is 115 Å². The average molecular weight is 715 g/mol. The fourth-order valence-electron chi connectivity index (χ4n) is 6.48. The number of carbonyl (C=O) groups is 1. The summed E-state index contributed by atoms with van der Waals surface area (Å²) in [6.07, 6.45) is 4.07. The van der Waals surface area contributed by atoms with Gasteiger partial charge in [-0.15, -0.1) is 0 Å². The second-order valence-electron chi connectivity index (χ2n) is 12.0. The monoisotopic (exact) mass is 713 g/mol. The third-order valence-electron chi connectivity index (χ3n) is 8.92. The number of aliphatic hydroxyl groups excluding tert-OH is 1. The Morgan fingerprint density at radius 1 is 0.837 bits per heavy atom. The van der Waals surface area contributed by atoms with Crippen LogP contribution in [0.1, 0.15) is 52.8 Å². The van der Waals surface area contributed by atoms with E-state index in [-0.39, 0.29) is 25.0 Å². The highest BCUT2D eigenvalue weighted by Gasteiger charge is 2.53. The fraction of sp³-hybridized carbons (Fsp3) is 0.171. The van der Waals surface area contributed by atoms with Crippen molar-refractivity contribution in [3.63, 3.8) is 0 Å². The Hall–Kier alpha value is -5.02. The quantitative estimate of drug-likeness (QED) is 0.0902. The Morgan fingerprint density at radius 3 is 2.14 bits per heavy atom. The maximum absolute atomic E-state index is 14.8. The van der Waals surface area contributed by atoms with Crippen molar-refractivity contribution >= 4 is 33.8 Å². The Labute approximate surface area is 294 Å². The molecule has 0 fully saturated rings. The molecule has 1 amide bonds. The standard InChI is InChI=1S/C41H36BrN3O4/c42-36-20-9-8-19-35(36)38-41(25-10-14-28-12-2-1-3-13-28,43-39(49-38)29-21-23-30(24-22-29)48-27-11-26-46)40(47)45-44-37-33-17-6-4-15-31(33)32-16-5-7-18-34(32)37/h1-10,12-24,37-38,44,46H,11,25-27H2,(H,45,47)/b14-10+/t38-,41-/m0/s1. The fourth-order valence-corrected chi connectivity index (χ4v) is 6.97. The van der Waals surface area contributed by atoms with Crippen molar-refractivity contribution in [3.05, 3.63) is 166 Å². The first-order valence-corrected chi connectivity index (χ1v) is 17.2. The van der Waals surface area contributed by atoms with Crippen molar-refractivity contribution in [2.75, 3.05) is 13.2 Å². The average Bonchev–Trinajstić information content (AvgIpc) is 3.68. The molecule has 5 aromatic carbocycles. The van der Waals surface area contributed by atoms with Crippen molar-refractivity contribution in [1.82, 2.24) is 10.9 Å². The zero-order valence-corrected chi connectivity index (χ0v) is 28.3. The van der Waals surface area contributed by atoms with Gasteiger partial charge in [0.1, 0.15) is 5.75 Å². The summed E-state index contributed by atoms with van der Waals surface area (Å²) in [6.45, 7) is 0.480. The van der Waals surface area contributed by atoms with Gasteiger partial charge in [-0.05, 0) is 58.1 Å². The zero-order valence-electron chi connectivity index (χ0n) is 26.8. The number of hydrazine groups is 1. The van der Waals surface area contributed by atoms with E-state index >= 15 is 0 Å². The lowest BCUT2D eigenvalue weighted by atomic mass is 9.84. The highest BCUT2D eigenvalue weighted by Crippen LogP contribution is 2.46. The number of nitrogens with one attached hydrogen (secondary N) is 2. The van der Waals surface area contributed by atoms with Gasteiger partial charge in [-0.2, -0.15) is 0 Å². The van der Waals surface area contributed by atoms with Gasteiger partial charge in [0.15, 0.2) is 11.6 Å². The summed E-state index contributed by atoms with van der Waals surface area (Å²) < 4.78 is 13.3. The van der Waals surface area contributed by atoms with Crippen LogP contribution < -0.4 is 15.6 Å². The predicted molar refractivity (Wildman–Crippen MR) is 196 cm³/mol. The van der Waals surface area contributed by atoms with Gasteiger partial charge in [0.05, 0.1) is 12.6 Å². The number of hydrogen-bond donors (Lipinski definition) is 3. The molecule has 1 heterocycles. The molecule has 1 aliphatic carbocycles. The molecule has 0 unspecified atom stereocenters. The van der Waals surface area contributed by atoms with Gasteiger partial charge in [-0.25, -0.2) is 10.4 Å². The van der Waals surface area contributed by atoms with E-state index in [0.717, 1.165) is 43.4 Å². The summed E-state index contributed by atoms with van der Waals surface area (Å²) in [5, 5.41) is 9.12. The lowest BCUT2D eigenvalue weighted by molar-refractivity contribution is -0.130. The molecule has 49 heavy (non-hydrogen) atoms. The highest BCUT2D eigenvalue weighted by atomic mass is 79.9. The van der Waals surface area contributed by atoms with Crippen LogP contribution in [-0.2, 0) is 9.53 Å². The second kappa shape index (κ2) is 14.6. The molecule has 3 N–H and O–H groups in total. The third-order valence-corrected chi connectivity index (χ3v) is 9.64. The molecule has 0 bridgehead atoms. The molecular formula is C41H36BrN3O4. The Bertz CT molecular complexity index is 1950. The van der Waals surface area contributed by atoms with Crippen molar-refractivity contribution in [1.29, 1.82) is 0 Å². The molecule has 0 aromatic heterocycles. The second-order valence-corrected chi connectivity index (χ2v) is 12.9. The first-order valence-electron chi connectivity index (χ1n) is 16.4. The first kappa shape index (κ1) is 32.5. The van der Waals surface area contributed by atoms with Crippen molar-refractivity contribution < 1.29 is 19.4 Å². The number of nitrogens with zero attached hydrogens (tertiary/aromatic N) is 1.